The molecule has 1 heterocycles. The molecule has 1 N–H and O–H groups in total. The topological polar surface area (TPSA) is 12.0 Å². The first-order valence-electron chi connectivity index (χ1n) is 4.36. The van der Waals surface area contributed by atoms with Crippen molar-refractivity contribution < 1.29 is 4.39 Å². The molecule has 0 aliphatic carbocycles. The van der Waals surface area contributed by atoms with E-state index < -0.39 is 5.67 Å². The molecule has 1 aliphatic heterocycles. The maximum Gasteiger partial charge on any atom is 0.149 e. The van der Waals surface area contributed by atoms with E-state index in [1.54, 1.807) is 24.3 Å². The molecular formula is C10H11ClFN. The summed E-state index contributed by atoms with van der Waals surface area (Å²) in [6.45, 7) is 1.16. The zero-order chi connectivity index (χ0) is 9.31. The molecule has 1 saturated heterocycles. The van der Waals surface area contributed by atoms with Crippen molar-refractivity contribution in [2.45, 2.75) is 12.1 Å². The average molecular weight is 200 g/mol. The second-order valence-corrected chi connectivity index (χ2v) is 3.84. The molecular weight excluding hydrogens is 189 g/mol. The molecule has 1 aromatic rings. The van der Waals surface area contributed by atoms with Gasteiger partial charge in [-0.05, 0) is 30.7 Å². The highest BCUT2D eigenvalue weighted by atomic mass is 35.5. The molecule has 70 valence electrons. The van der Waals surface area contributed by atoms with E-state index in [-0.39, 0.29) is 0 Å². The Morgan fingerprint density at radius 1 is 1.31 bits per heavy atom. The van der Waals surface area contributed by atoms with Gasteiger partial charge in [-0.15, -0.1) is 0 Å². The van der Waals surface area contributed by atoms with Gasteiger partial charge in [0.25, 0.3) is 0 Å². The zero-order valence-electron chi connectivity index (χ0n) is 7.19. The standard InChI is InChI=1S/C10H11ClFN/c11-9-3-1-8(2-4-9)10(12)5-6-13-7-10/h1-4,13H,5-7H2. The Hall–Kier alpha value is -0.600. The van der Waals surface area contributed by atoms with Crippen molar-refractivity contribution in [2.24, 2.45) is 0 Å². The van der Waals surface area contributed by atoms with Crippen LogP contribution < -0.4 is 5.32 Å². The van der Waals surface area contributed by atoms with Crippen molar-refractivity contribution in [3.8, 4) is 0 Å². The molecule has 0 aromatic heterocycles. The van der Waals surface area contributed by atoms with Crippen molar-refractivity contribution in [3.05, 3.63) is 34.9 Å². The van der Waals surface area contributed by atoms with Gasteiger partial charge in [-0.25, -0.2) is 4.39 Å². The van der Waals surface area contributed by atoms with Crippen molar-refractivity contribution in [2.75, 3.05) is 13.1 Å². The van der Waals surface area contributed by atoms with Crippen LogP contribution in [0.25, 0.3) is 0 Å². The third-order valence-electron chi connectivity index (χ3n) is 2.46. The fourth-order valence-electron chi connectivity index (χ4n) is 1.66. The summed E-state index contributed by atoms with van der Waals surface area (Å²) in [5.74, 6) is 0. The maximum atomic E-state index is 14.1. The fourth-order valence-corrected chi connectivity index (χ4v) is 1.78. The molecule has 3 heteroatoms. The first-order valence-corrected chi connectivity index (χ1v) is 4.74. The van der Waals surface area contributed by atoms with Crippen LogP contribution in [0.3, 0.4) is 0 Å². The van der Waals surface area contributed by atoms with Crippen molar-refractivity contribution in [1.82, 2.24) is 5.32 Å². The molecule has 1 nitrogen and oxygen atoms in total. The number of nitrogens with one attached hydrogen (secondary N) is 1. The van der Waals surface area contributed by atoms with Crippen LogP contribution >= 0.6 is 11.6 Å². The molecule has 13 heavy (non-hydrogen) atoms. The highest BCUT2D eigenvalue weighted by molar-refractivity contribution is 6.30. The van der Waals surface area contributed by atoms with E-state index in [2.05, 4.69) is 5.32 Å². The molecule has 0 radical (unpaired) electrons. The average Bonchev–Trinajstić information content (AvgIpc) is 2.54. The molecule has 1 atom stereocenters. The second kappa shape index (κ2) is 3.28. The smallest absolute Gasteiger partial charge is 0.149 e. The molecule has 1 aliphatic rings. The van der Waals surface area contributed by atoms with Crippen LogP contribution in [0.2, 0.25) is 5.02 Å². The van der Waals surface area contributed by atoms with Gasteiger partial charge in [0.2, 0.25) is 0 Å². The summed E-state index contributed by atoms with van der Waals surface area (Å²) >= 11 is 5.73. The first-order chi connectivity index (χ1) is 6.21. The van der Waals surface area contributed by atoms with E-state index in [4.69, 9.17) is 11.6 Å². The lowest BCUT2D eigenvalue weighted by molar-refractivity contribution is 0.193. The van der Waals surface area contributed by atoms with Gasteiger partial charge in [0.1, 0.15) is 5.67 Å². The minimum absolute atomic E-state index is 0.411. The summed E-state index contributed by atoms with van der Waals surface area (Å²) in [5.41, 5.74) is -0.466. The van der Waals surface area contributed by atoms with Crippen molar-refractivity contribution >= 4 is 11.6 Å². The van der Waals surface area contributed by atoms with Crippen LogP contribution in [0.1, 0.15) is 12.0 Å². The van der Waals surface area contributed by atoms with Crippen LogP contribution in [-0.2, 0) is 5.67 Å². The number of halogens is 2. The normalized spacial score (nSPS) is 27.8. The third kappa shape index (κ3) is 1.69. The number of alkyl halides is 1. The van der Waals surface area contributed by atoms with E-state index in [0.29, 0.717) is 18.0 Å². The van der Waals surface area contributed by atoms with Gasteiger partial charge < -0.3 is 5.32 Å². The van der Waals surface area contributed by atoms with Gasteiger partial charge in [-0.3, -0.25) is 0 Å². The van der Waals surface area contributed by atoms with Crippen molar-refractivity contribution in [1.29, 1.82) is 0 Å². The maximum absolute atomic E-state index is 14.1. The van der Waals surface area contributed by atoms with Crippen LogP contribution in [0, 0.1) is 0 Å². The van der Waals surface area contributed by atoms with Gasteiger partial charge in [0.15, 0.2) is 0 Å². The summed E-state index contributed by atoms with van der Waals surface area (Å²) in [7, 11) is 0. The van der Waals surface area contributed by atoms with E-state index in [9.17, 15) is 4.39 Å². The molecule has 0 amide bonds. The van der Waals surface area contributed by atoms with Crippen LogP contribution in [0.15, 0.2) is 24.3 Å². The van der Waals surface area contributed by atoms with Crippen molar-refractivity contribution in [3.63, 3.8) is 0 Å². The lowest BCUT2D eigenvalue weighted by Gasteiger charge is -2.18. The SMILES string of the molecule is FC1(c2ccc(Cl)cc2)CCNC1. The fraction of sp³-hybridized carbons (Fsp3) is 0.400. The van der Waals surface area contributed by atoms with E-state index in [1.807, 2.05) is 0 Å². The Morgan fingerprint density at radius 3 is 2.54 bits per heavy atom. The minimum atomic E-state index is -1.19. The van der Waals surface area contributed by atoms with Gasteiger partial charge in [-0.1, -0.05) is 23.7 Å². The third-order valence-corrected chi connectivity index (χ3v) is 2.72. The van der Waals surface area contributed by atoms with Gasteiger partial charge in [-0.2, -0.15) is 0 Å². The summed E-state index contributed by atoms with van der Waals surface area (Å²) in [5, 5.41) is 3.67. The van der Waals surface area contributed by atoms with Crippen LogP contribution in [0.4, 0.5) is 4.39 Å². The van der Waals surface area contributed by atoms with E-state index in [1.165, 1.54) is 0 Å². The summed E-state index contributed by atoms with van der Waals surface area (Å²) in [6, 6.07) is 6.98. The Labute approximate surface area is 81.9 Å². The van der Waals surface area contributed by atoms with Gasteiger partial charge in [0.05, 0.1) is 0 Å². The first kappa shape index (κ1) is 8.97. The summed E-state index contributed by atoms with van der Waals surface area (Å²) in [4.78, 5) is 0. The van der Waals surface area contributed by atoms with Gasteiger partial charge in [0, 0.05) is 11.6 Å². The number of rotatable bonds is 1. The Bertz CT molecular complexity index is 290. The summed E-state index contributed by atoms with van der Waals surface area (Å²) in [6.07, 6.45) is 0.550. The Balaban J connectivity index is 2.29. The minimum Gasteiger partial charge on any atom is -0.313 e. The number of hydrogen-bond acceptors (Lipinski definition) is 1. The van der Waals surface area contributed by atoms with E-state index >= 15 is 0 Å². The largest absolute Gasteiger partial charge is 0.313 e. The quantitative estimate of drug-likeness (QED) is 0.733. The molecule has 2 rings (SSSR count). The molecule has 0 saturated carbocycles. The summed E-state index contributed by atoms with van der Waals surface area (Å²) < 4.78 is 14.1. The predicted molar refractivity (Wildman–Crippen MR) is 51.7 cm³/mol. The molecule has 1 unspecified atom stereocenters. The lowest BCUT2D eigenvalue weighted by Crippen LogP contribution is -2.22. The molecule has 0 spiro atoms. The monoisotopic (exact) mass is 199 g/mol. The number of hydrogen-bond donors (Lipinski definition) is 1. The van der Waals surface area contributed by atoms with Crippen LogP contribution in [-0.4, -0.2) is 13.1 Å². The van der Waals surface area contributed by atoms with E-state index in [0.717, 1.165) is 12.1 Å². The van der Waals surface area contributed by atoms with Gasteiger partial charge >= 0.3 is 0 Å². The Morgan fingerprint density at radius 2 is 2.00 bits per heavy atom. The highest BCUT2D eigenvalue weighted by Gasteiger charge is 2.35. The molecule has 1 fully saturated rings. The highest BCUT2D eigenvalue weighted by Crippen LogP contribution is 2.32. The zero-order valence-corrected chi connectivity index (χ0v) is 7.94. The molecule has 1 aromatic carbocycles. The lowest BCUT2D eigenvalue weighted by atomic mass is 9.95. The Kier molecular flexibility index (Phi) is 2.26. The second-order valence-electron chi connectivity index (χ2n) is 3.40. The van der Waals surface area contributed by atoms with Crippen LogP contribution in [0.5, 0.6) is 0 Å². The predicted octanol–water partition coefficient (Wildman–Crippen LogP) is 2.50. The number of benzene rings is 1. The molecule has 0 bridgehead atoms.